The Bertz CT molecular complexity index is 456. The third-order valence-corrected chi connectivity index (χ3v) is 3.36. The molecule has 0 saturated heterocycles. The zero-order chi connectivity index (χ0) is 12.1. The first-order valence-corrected chi connectivity index (χ1v) is 6.54. The van der Waals surface area contributed by atoms with Crippen LogP contribution in [0.5, 0.6) is 5.75 Å². The zero-order valence-corrected chi connectivity index (χ0v) is 10.6. The van der Waals surface area contributed by atoms with E-state index in [1.807, 2.05) is 36.0 Å². The molecule has 0 unspecified atom stereocenters. The van der Waals surface area contributed by atoms with Crippen LogP contribution in [0.2, 0.25) is 0 Å². The van der Waals surface area contributed by atoms with E-state index >= 15 is 0 Å². The van der Waals surface area contributed by atoms with Gasteiger partial charge in [-0.05, 0) is 12.5 Å². The molecule has 1 atom stereocenters. The molecule has 0 saturated carbocycles. The van der Waals surface area contributed by atoms with Gasteiger partial charge in [-0.2, -0.15) is 0 Å². The van der Waals surface area contributed by atoms with Gasteiger partial charge >= 0.3 is 0 Å². The monoisotopic (exact) mass is 248 g/mol. The Morgan fingerprint density at radius 2 is 2.24 bits per heavy atom. The predicted octanol–water partition coefficient (Wildman–Crippen LogP) is 3.13. The summed E-state index contributed by atoms with van der Waals surface area (Å²) in [6.07, 6.45) is 2.73. The number of aromatic nitrogens is 1. The van der Waals surface area contributed by atoms with E-state index in [-0.39, 0.29) is 6.04 Å². The maximum Gasteiger partial charge on any atom is 0.124 e. The van der Waals surface area contributed by atoms with Crippen molar-refractivity contribution in [3.63, 3.8) is 0 Å². The van der Waals surface area contributed by atoms with Crippen LogP contribution in [0.15, 0.2) is 36.0 Å². The molecule has 1 aromatic carbocycles. The second-order valence-electron chi connectivity index (χ2n) is 3.81. The molecule has 0 aliphatic heterocycles. The van der Waals surface area contributed by atoms with Crippen LogP contribution in [0.4, 0.5) is 0 Å². The minimum absolute atomic E-state index is 0.0349. The number of nitrogens with zero attached hydrogens (tertiary/aromatic N) is 1. The molecule has 0 aliphatic rings. The Morgan fingerprint density at radius 1 is 1.41 bits per heavy atom. The molecule has 2 aromatic rings. The van der Waals surface area contributed by atoms with Gasteiger partial charge in [0, 0.05) is 17.8 Å². The summed E-state index contributed by atoms with van der Waals surface area (Å²) in [4.78, 5) is 5.14. The molecule has 0 aliphatic carbocycles. The molecule has 0 radical (unpaired) electrons. The number of hydrogen-bond donors (Lipinski definition) is 1. The van der Waals surface area contributed by atoms with E-state index in [1.165, 1.54) is 0 Å². The third-order valence-electron chi connectivity index (χ3n) is 2.61. The Hall–Kier alpha value is -1.39. The summed E-state index contributed by atoms with van der Waals surface area (Å²) in [5, 5.41) is 0. The third kappa shape index (κ3) is 3.05. The van der Waals surface area contributed by atoms with Gasteiger partial charge < -0.3 is 10.5 Å². The Kier molecular flexibility index (Phi) is 4.12. The Labute approximate surface area is 105 Å². The van der Waals surface area contributed by atoms with Gasteiger partial charge in [-0.25, -0.2) is 0 Å². The fourth-order valence-electron chi connectivity index (χ4n) is 1.60. The molecule has 0 fully saturated rings. The van der Waals surface area contributed by atoms with E-state index < -0.39 is 0 Å². The molecule has 17 heavy (non-hydrogen) atoms. The summed E-state index contributed by atoms with van der Waals surface area (Å²) in [5.74, 6) is 0.871. The van der Waals surface area contributed by atoms with Gasteiger partial charge in [0.1, 0.15) is 12.4 Å². The summed E-state index contributed by atoms with van der Waals surface area (Å²) in [6, 6.07) is 7.98. The summed E-state index contributed by atoms with van der Waals surface area (Å²) in [7, 11) is 0. The quantitative estimate of drug-likeness (QED) is 0.884. The second-order valence-corrected chi connectivity index (χ2v) is 4.78. The predicted molar refractivity (Wildman–Crippen MR) is 70.1 cm³/mol. The van der Waals surface area contributed by atoms with Crippen LogP contribution in [0.1, 0.15) is 29.8 Å². The summed E-state index contributed by atoms with van der Waals surface area (Å²) in [5.41, 5.74) is 8.93. The van der Waals surface area contributed by atoms with Gasteiger partial charge in [-0.15, -0.1) is 11.3 Å². The SMILES string of the molecule is CC[C@H](N)c1ccccc1OCc1cncs1. The van der Waals surface area contributed by atoms with Crippen molar-refractivity contribution in [1.82, 2.24) is 4.98 Å². The van der Waals surface area contributed by atoms with Gasteiger partial charge in [0.15, 0.2) is 0 Å². The maximum atomic E-state index is 6.05. The molecule has 0 bridgehead atoms. The van der Waals surface area contributed by atoms with Gasteiger partial charge in [0.05, 0.1) is 10.4 Å². The number of hydrogen-bond acceptors (Lipinski definition) is 4. The minimum Gasteiger partial charge on any atom is -0.488 e. The lowest BCUT2D eigenvalue weighted by molar-refractivity contribution is 0.304. The minimum atomic E-state index is 0.0349. The van der Waals surface area contributed by atoms with Crippen molar-refractivity contribution in [1.29, 1.82) is 0 Å². The fraction of sp³-hybridized carbons (Fsp3) is 0.308. The lowest BCUT2D eigenvalue weighted by Gasteiger charge is -2.15. The van der Waals surface area contributed by atoms with Crippen molar-refractivity contribution in [2.75, 3.05) is 0 Å². The first kappa shape index (κ1) is 12.1. The van der Waals surface area contributed by atoms with Gasteiger partial charge in [0.2, 0.25) is 0 Å². The molecule has 0 spiro atoms. The maximum absolute atomic E-state index is 6.05. The van der Waals surface area contributed by atoms with E-state index in [0.717, 1.165) is 22.6 Å². The molecule has 1 heterocycles. The standard InChI is InChI=1S/C13H16N2OS/c1-2-12(14)11-5-3-4-6-13(11)16-8-10-7-15-9-17-10/h3-7,9,12H,2,8,14H2,1H3/t12-/m0/s1. The molecule has 2 N–H and O–H groups in total. The van der Waals surface area contributed by atoms with Gasteiger partial charge in [0.25, 0.3) is 0 Å². The summed E-state index contributed by atoms with van der Waals surface area (Å²) in [6.45, 7) is 2.63. The molecule has 0 amide bonds. The van der Waals surface area contributed by atoms with Gasteiger partial charge in [-0.3, -0.25) is 4.98 Å². The summed E-state index contributed by atoms with van der Waals surface area (Å²) < 4.78 is 5.79. The average Bonchev–Trinajstić information content (AvgIpc) is 2.89. The molecule has 3 nitrogen and oxygen atoms in total. The zero-order valence-electron chi connectivity index (χ0n) is 9.80. The van der Waals surface area contributed by atoms with Crippen LogP contribution in [-0.4, -0.2) is 4.98 Å². The number of nitrogens with two attached hydrogens (primary N) is 1. The van der Waals surface area contributed by atoms with Crippen LogP contribution in [0, 0.1) is 0 Å². The van der Waals surface area contributed by atoms with Crippen LogP contribution in [0.3, 0.4) is 0 Å². The van der Waals surface area contributed by atoms with E-state index in [4.69, 9.17) is 10.5 Å². The molecule has 2 rings (SSSR count). The molecular formula is C13H16N2OS. The highest BCUT2D eigenvalue weighted by Crippen LogP contribution is 2.26. The molecular weight excluding hydrogens is 232 g/mol. The van der Waals surface area contributed by atoms with Crippen molar-refractivity contribution < 1.29 is 4.74 Å². The Balaban J connectivity index is 2.09. The molecule has 4 heteroatoms. The number of rotatable bonds is 5. The smallest absolute Gasteiger partial charge is 0.124 e. The number of benzene rings is 1. The highest BCUT2D eigenvalue weighted by Gasteiger charge is 2.09. The number of ether oxygens (including phenoxy) is 1. The fourth-order valence-corrected chi connectivity index (χ4v) is 2.11. The highest BCUT2D eigenvalue weighted by molar-refractivity contribution is 7.09. The lowest BCUT2D eigenvalue weighted by atomic mass is 10.0. The topological polar surface area (TPSA) is 48.1 Å². The van der Waals surface area contributed by atoms with E-state index in [0.29, 0.717) is 6.61 Å². The average molecular weight is 248 g/mol. The van der Waals surface area contributed by atoms with Gasteiger partial charge in [-0.1, -0.05) is 25.1 Å². The van der Waals surface area contributed by atoms with E-state index in [2.05, 4.69) is 11.9 Å². The number of thiazole rings is 1. The van der Waals surface area contributed by atoms with E-state index in [9.17, 15) is 0 Å². The van der Waals surface area contributed by atoms with E-state index in [1.54, 1.807) is 11.3 Å². The Morgan fingerprint density at radius 3 is 2.94 bits per heavy atom. The second kappa shape index (κ2) is 5.80. The summed E-state index contributed by atoms with van der Waals surface area (Å²) >= 11 is 1.59. The lowest BCUT2D eigenvalue weighted by Crippen LogP contribution is -2.10. The van der Waals surface area contributed by atoms with Crippen LogP contribution >= 0.6 is 11.3 Å². The van der Waals surface area contributed by atoms with Crippen molar-refractivity contribution in [3.8, 4) is 5.75 Å². The first-order valence-electron chi connectivity index (χ1n) is 5.66. The molecule has 90 valence electrons. The van der Waals surface area contributed by atoms with Crippen LogP contribution in [-0.2, 0) is 6.61 Å². The van der Waals surface area contributed by atoms with Crippen molar-refractivity contribution in [3.05, 3.63) is 46.4 Å². The van der Waals surface area contributed by atoms with Crippen molar-refractivity contribution in [2.24, 2.45) is 5.73 Å². The molecule has 1 aromatic heterocycles. The van der Waals surface area contributed by atoms with Crippen LogP contribution < -0.4 is 10.5 Å². The van der Waals surface area contributed by atoms with Crippen molar-refractivity contribution in [2.45, 2.75) is 26.0 Å². The highest BCUT2D eigenvalue weighted by atomic mass is 32.1. The largest absolute Gasteiger partial charge is 0.488 e. The van der Waals surface area contributed by atoms with Crippen LogP contribution in [0.25, 0.3) is 0 Å². The normalized spacial score (nSPS) is 12.4. The van der Waals surface area contributed by atoms with Crippen molar-refractivity contribution >= 4 is 11.3 Å². The first-order chi connectivity index (χ1) is 8.31. The number of para-hydroxylation sites is 1.